The van der Waals surface area contributed by atoms with Gasteiger partial charge in [0.05, 0.1) is 30.9 Å². The minimum atomic E-state index is -2.96. The van der Waals surface area contributed by atoms with Gasteiger partial charge < -0.3 is 14.8 Å². The van der Waals surface area contributed by atoms with Crippen molar-refractivity contribution in [3.63, 3.8) is 0 Å². The summed E-state index contributed by atoms with van der Waals surface area (Å²) >= 11 is 0. The van der Waals surface area contributed by atoms with Crippen molar-refractivity contribution in [1.29, 1.82) is 5.26 Å². The second-order valence-electron chi connectivity index (χ2n) is 6.56. The summed E-state index contributed by atoms with van der Waals surface area (Å²) in [5.74, 6) is 0.703. The molecule has 0 aliphatic carbocycles. The Kier molecular flexibility index (Phi) is 5.48. The highest BCUT2D eigenvalue weighted by molar-refractivity contribution is 5.72. The van der Waals surface area contributed by atoms with Crippen molar-refractivity contribution in [3.8, 4) is 11.9 Å². The van der Waals surface area contributed by atoms with Crippen LogP contribution in [0.3, 0.4) is 0 Å². The van der Waals surface area contributed by atoms with Crippen molar-refractivity contribution in [2.45, 2.75) is 31.9 Å². The number of anilines is 2. The topological polar surface area (TPSA) is 127 Å². The van der Waals surface area contributed by atoms with Crippen molar-refractivity contribution in [3.05, 3.63) is 18.5 Å². The molecule has 4 rings (SSSR count). The normalized spacial score (nSPS) is 16.1. The lowest BCUT2D eigenvalue weighted by Gasteiger charge is -2.29. The highest BCUT2D eigenvalue weighted by Gasteiger charge is 2.28. The van der Waals surface area contributed by atoms with Gasteiger partial charge in [-0.25, -0.2) is 14.6 Å². The molecule has 1 aliphatic rings. The van der Waals surface area contributed by atoms with Gasteiger partial charge in [0.1, 0.15) is 11.3 Å². The number of halogens is 2. The molecule has 10 nitrogen and oxygen atoms in total. The molecular weight excluding hydrogens is 386 g/mol. The number of hydrogen-bond donors (Lipinski definition) is 2. The Morgan fingerprint density at radius 1 is 1.38 bits per heavy atom. The molecule has 3 aromatic heterocycles. The van der Waals surface area contributed by atoms with E-state index in [4.69, 9.17) is 4.74 Å². The lowest BCUT2D eigenvalue weighted by molar-refractivity contribution is -0.0528. The maximum atomic E-state index is 12.3. The third kappa shape index (κ3) is 4.24. The van der Waals surface area contributed by atoms with E-state index < -0.39 is 6.61 Å². The fourth-order valence-electron chi connectivity index (χ4n) is 3.43. The zero-order valence-electron chi connectivity index (χ0n) is 15.3. The predicted molar refractivity (Wildman–Crippen MR) is 96.6 cm³/mol. The molecule has 0 bridgehead atoms. The first kappa shape index (κ1) is 19.0. The molecule has 1 atom stereocenters. The quantitative estimate of drug-likeness (QED) is 0.615. The summed E-state index contributed by atoms with van der Waals surface area (Å²) in [5.41, 5.74) is 1.13. The van der Waals surface area contributed by atoms with Gasteiger partial charge in [-0.2, -0.15) is 19.1 Å². The van der Waals surface area contributed by atoms with E-state index in [1.54, 1.807) is 10.9 Å². The van der Waals surface area contributed by atoms with E-state index in [2.05, 4.69) is 41.4 Å². The first-order chi connectivity index (χ1) is 14.1. The van der Waals surface area contributed by atoms with Gasteiger partial charge in [-0.15, -0.1) is 5.10 Å². The number of ether oxygens (including phenoxy) is 2. The minimum Gasteiger partial charge on any atom is -0.415 e. The molecule has 1 fully saturated rings. The van der Waals surface area contributed by atoms with Crippen molar-refractivity contribution in [2.75, 3.05) is 18.5 Å². The van der Waals surface area contributed by atoms with E-state index in [0.717, 1.165) is 12.8 Å². The van der Waals surface area contributed by atoms with Gasteiger partial charge in [-0.3, -0.25) is 5.10 Å². The molecule has 0 aromatic carbocycles. The van der Waals surface area contributed by atoms with Crippen LogP contribution < -0.4 is 10.1 Å². The number of alkyl halides is 2. The molecule has 1 aliphatic heterocycles. The van der Waals surface area contributed by atoms with E-state index >= 15 is 0 Å². The number of nitrogens with zero attached hydrogens (tertiary/aromatic N) is 6. The summed E-state index contributed by atoms with van der Waals surface area (Å²) < 4.78 is 35.9. The molecule has 152 valence electrons. The lowest BCUT2D eigenvalue weighted by Crippen LogP contribution is -2.26. The van der Waals surface area contributed by atoms with Crippen LogP contribution in [0.5, 0.6) is 5.88 Å². The number of fused-ring (bicyclic) bond motifs is 1. The Balaban J connectivity index is 1.60. The molecule has 2 N–H and O–H groups in total. The number of nitriles is 1. The van der Waals surface area contributed by atoms with Crippen LogP contribution in [0.25, 0.3) is 11.2 Å². The first-order valence-electron chi connectivity index (χ1n) is 9.06. The highest BCUT2D eigenvalue weighted by Crippen LogP contribution is 2.32. The van der Waals surface area contributed by atoms with Crippen LogP contribution in [0.15, 0.2) is 18.5 Å². The summed E-state index contributed by atoms with van der Waals surface area (Å²) in [6.45, 7) is -1.64. The van der Waals surface area contributed by atoms with Gasteiger partial charge in [0.15, 0.2) is 11.5 Å². The second kappa shape index (κ2) is 8.36. The third-order valence-electron chi connectivity index (χ3n) is 4.75. The number of aromatic nitrogens is 6. The highest BCUT2D eigenvalue weighted by atomic mass is 19.3. The van der Waals surface area contributed by atoms with Crippen LogP contribution in [0.4, 0.5) is 20.4 Å². The van der Waals surface area contributed by atoms with Gasteiger partial charge in [0.2, 0.25) is 5.88 Å². The fourth-order valence-corrected chi connectivity index (χ4v) is 3.43. The summed E-state index contributed by atoms with van der Waals surface area (Å²) in [5, 5.41) is 22.8. The standard InChI is InChI=1S/C17H18F2N8O2/c18-17(19)29-15-7-13(25-26-15)23-14-9-21-11-8-22-27(16(11)24-14)12(1-4-20)10-2-5-28-6-3-10/h7-10,12,17H,1-3,5-6H2,(H2,23,24,25,26). The summed E-state index contributed by atoms with van der Waals surface area (Å²) in [7, 11) is 0. The molecule has 1 saturated heterocycles. The average molecular weight is 404 g/mol. The second-order valence-corrected chi connectivity index (χ2v) is 6.56. The van der Waals surface area contributed by atoms with Gasteiger partial charge in [0, 0.05) is 19.3 Å². The zero-order chi connectivity index (χ0) is 20.2. The number of nitrogens with one attached hydrogen (secondary N) is 2. The van der Waals surface area contributed by atoms with Gasteiger partial charge in [-0.1, -0.05) is 0 Å². The summed E-state index contributed by atoms with van der Waals surface area (Å²) in [6, 6.07) is 3.39. The molecular formula is C17H18F2N8O2. The molecule has 0 saturated carbocycles. The van der Waals surface area contributed by atoms with Crippen LogP contribution in [0.1, 0.15) is 25.3 Å². The molecule has 29 heavy (non-hydrogen) atoms. The van der Waals surface area contributed by atoms with Crippen LogP contribution in [0, 0.1) is 17.2 Å². The smallest absolute Gasteiger partial charge is 0.388 e. The van der Waals surface area contributed by atoms with Crippen molar-refractivity contribution in [1.82, 2.24) is 29.9 Å². The number of aromatic amines is 1. The molecule has 4 heterocycles. The van der Waals surface area contributed by atoms with Crippen LogP contribution in [0.2, 0.25) is 0 Å². The van der Waals surface area contributed by atoms with Crippen molar-refractivity contribution < 1.29 is 18.3 Å². The fraction of sp³-hybridized carbons (Fsp3) is 0.471. The maximum Gasteiger partial charge on any atom is 0.388 e. The van der Waals surface area contributed by atoms with Crippen LogP contribution in [-0.4, -0.2) is 49.8 Å². The Hall–Kier alpha value is -3.33. The van der Waals surface area contributed by atoms with Gasteiger partial charge >= 0.3 is 6.61 Å². The third-order valence-corrected chi connectivity index (χ3v) is 4.75. The van der Waals surface area contributed by atoms with E-state index in [9.17, 15) is 14.0 Å². The van der Waals surface area contributed by atoms with Crippen molar-refractivity contribution in [2.24, 2.45) is 5.92 Å². The molecule has 0 radical (unpaired) electrons. The van der Waals surface area contributed by atoms with E-state index in [0.29, 0.717) is 42.4 Å². The van der Waals surface area contributed by atoms with Crippen LogP contribution >= 0.6 is 0 Å². The maximum absolute atomic E-state index is 12.3. The first-order valence-corrected chi connectivity index (χ1v) is 9.06. The van der Waals surface area contributed by atoms with Gasteiger partial charge in [0.25, 0.3) is 0 Å². The van der Waals surface area contributed by atoms with Crippen molar-refractivity contribution >= 4 is 22.8 Å². The largest absolute Gasteiger partial charge is 0.415 e. The molecule has 0 spiro atoms. The SMILES string of the molecule is N#CCC(C1CCOCC1)n1ncc2ncc(Nc3cc(OC(F)F)n[nH]3)nc21. The van der Waals surface area contributed by atoms with E-state index in [-0.39, 0.29) is 17.8 Å². The minimum absolute atomic E-state index is 0.135. The Morgan fingerprint density at radius 2 is 2.21 bits per heavy atom. The summed E-state index contributed by atoms with van der Waals surface area (Å²) in [6.07, 6.45) is 5.10. The number of hydrogen-bond acceptors (Lipinski definition) is 8. The molecule has 12 heteroatoms. The number of rotatable bonds is 7. The van der Waals surface area contributed by atoms with Gasteiger partial charge in [-0.05, 0) is 18.8 Å². The summed E-state index contributed by atoms with van der Waals surface area (Å²) in [4.78, 5) is 8.89. The zero-order valence-corrected chi connectivity index (χ0v) is 15.3. The molecule has 3 aromatic rings. The molecule has 1 unspecified atom stereocenters. The Labute approximate surface area is 163 Å². The Bertz CT molecular complexity index is 1010. The van der Waals surface area contributed by atoms with Crippen LogP contribution in [-0.2, 0) is 4.74 Å². The monoisotopic (exact) mass is 404 g/mol. The number of H-pyrrole nitrogens is 1. The van der Waals surface area contributed by atoms with E-state index in [1.165, 1.54) is 12.3 Å². The Morgan fingerprint density at radius 3 is 2.97 bits per heavy atom. The average Bonchev–Trinajstić information content (AvgIpc) is 3.33. The molecule has 0 amide bonds. The van der Waals surface area contributed by atoms with E-state index in [1.807, 2.05) is 0 Å². The lowest BCUT2D eigenvalue weighted by atomic mass is 9.90. The predicted octanol–water partition coefficient (Wildman–Crippen LogP) is 2.78.